The van der Waals surface area contributed by atoms with Crippen LogP contribution in [0.4, 0.5) is 19.0 Å². The number of alkyl halides is 1. The van der Waals surface area contributed by atoms with Crippen molar-refractivity contribution in [2.45, 2.75) is 87.7 Å². The summed E-state index contributed by atoms with van der Waals surface area (Å²) >= 11 is 0. The molecule has 11 rings (SSSR count). The van der Waals surface area contributed by atoms with Crippen LogP contribution < -0.4 is 20.2 Å². The van der Waals surface area contributed by atoms with Crippen LogP contribution in [0.5, 0.6) is 11.8 Å². The van der Waals surface area contributed by atoms with Gasteiger partial charge in [-0.2, -0.15) is 9.97 Å². The fourth-order valence-electron chi connectivity index (χ4n) is 11.3. The Labute approximate surface area is 361 Å². The van der Waals surface area contributed by atoms with E-state index in [0.29, 0.717) is 83.8 Å². The molecule has 6 aromatic rings. The van der Waals surface area contributed by atoms with Crippen LogP contribution in [-0.4, -0.2) is 94.7 Å². The molecule has 5 aliphatic heterocycles. The van der Waals surface area contributed by atoms with Crippen LogP contribution >= 0.6 is 0 Å². The van der Waals surface area contributed by atoms with Gasteiger partial charge < -0.3 is 27.9 Å². The molecule has 3 aromatic heterocycles. The molecular weight excluding hydrogens is 814 g/mol. The molecule has 12 nitrogen and oxygen atoms in total. The van der Waals surface area contributed by atoms with Gasteiger partial charge in [0, 0.05) is 61.3 Å². The fraction of sp³-hybridized carbons (Fsp3) is 0.417. The third-order valence-corrected chi connectivity index (χ3v) is 14.0. The van der Waals surface area contributed by atoms with E-state index in [-0.39, 0.29) is 59.9 Å². The topological polar surface area (TPSA) is 119 Å². The van der Waals surface area contributed by atoms with Gasteiger partial charge >= 0.3 is 11.8 Å². The van der Waals surface area contributed by atoms with Gasteiger partial charge in [-0.15, -0.1) is 6.42 Å². The smallest absolute Gasteiger partial charge is 0.468 e. The summed E-state index contributed by atoms with van der Waals surface area (Å²) in [7, 11) is 1.49. The molecule has 0 unspecified atom stereocenters. The molecule has 5 aliphatic rings. The number of piperazine rings is 1. The number of aryl methyl sites for hydroxylation is 1. The van der Waals surface area contributed by atoms with E-state index in [1.54, 1.807) is 18.2 Å². The van der Waals surface area contributed by atoms with E-state index in [9.17, 15) is 9.18 Å². The molecule has 63 heavy (non-hydrogen) atoms. The highest BCUT2D eigenvalue weighted by atomic mass is 19.1. The Morgan fingerprint density at radius 3 is 2.68 bits per heavy atom. The number of rotatable bonds is 10. The number of anilines is 1. The summed E-state index contributed by atoms with van der Waals surface area (Å²) in [6, 6.07) is 15.7. The normalized spacial score (nSPS) is 24.3. The minimum absolute atomic E-state index is 0.0118. The largest absolute Gasteiger partial charge is 0.519 e. The molecule has 0 aliphatic carbocycles. The van der Waals surface area contributed by atoms with Crippen LogP contribution in [0.2, 0.25) is 0 Å². The minimum Gasteiger partial charge on any atom is -0.468 e. The fourth-order valence-corrected chi connectivity index (χ4v) is 11.3. The highest BCUT2D eigenvalue weighted by molar-refractivity contribution is 6.03. The quantitative estimate of drug-likeness (QED) is 0.0988. The number of nitrogens with zero attached hydrogens (tertiary/aromatic N) is 6. The minimum atomic E-state index is -0.962. The zero-order valence-electron chi connectivity index (χ0n) is 34.7. The first kappa shape index (κ1) is 39.9. The zero-order chi connectivity index (χ0) is 43.0. The third kappa shape index (κ3) is 6.72. The molecule has 2 bridgehead atoms. The van der Waals surface area contributed by atoms with Gasteiger partial charge in [0.25, 0.3) is 0 Å². The molecule has 0 saturated carbocycles. The summed E-state index contributed by atoms with van der Waals surface area (Å²) in [6.07, 6.45) is 10.7. The lowest BCUT2D eigenvalue weighted by molar-refractivity contribution is 0.0512. The molecular formula is C48H45F3N6O6. The Morgan fingerprint density at radius 1 is 0.968 bits per heavy atom. The van der Waals surface area contributed by atoms with Gasteiger partial charge in [0.2, 0.25) is 0 Å². The van der Waals surface area contributed by atoms with Crippen LogP contribution in [0.25, 0.3) is 44.3 Å². The molecule has 15 heteroatoms. The number of halogens is 3. The number of benzene rings is 3. The standard InChI is InChI=1S/C48H45F3N6O6/c1-3-32-34(50)15-13-28-19-31(61-26-59-2)20-33(39(28)32)42-41(51)43-40-35(52-42)11-7-12-36-37-16-14-30(56(37)24-38-44(63-47(58)62-38)27-9-5-4-6-10-27)23-57(36)45(40)54-46(53-43)60-25-48-17-8-18-55(48)22-29(49)21-48/h1,4-6,9-10,13,15,19-20,29-30,36-37H,7-8,11-12,14,16-18,21-26H2,2H3/t29-,30-,36-,37+,48+/m1/s1. The molecule has 3 aromatic carbocycles. The molecule has 324 valence electrons. The number of ether oxygens (including phenoxy) is 3. The lowest BCUT2D eigenvalue weighted by Gasteiger charge is -2.48. The second kappa shape index (κ2) is 15.7. The van der Waals surface area contributed by atoms with Crippen molar-refractivity contribution in [1.82, 2.24) is 24.8 Å². The molecule has 4 fully saturated rings. The van der Waals surface area contributed by atoms with E-state index in [1.165, 1.54) is 13.2 Å². The van der Waals surface area contributed by atoms with Gasteiger partial charge in [-0.25, -0.2) is 22.9 Å². The van der Waals surface area contributed by atoms with E-state index in [2.05, 4.69) is 20.6 Å². The Morgan fingerprint density at radius 2 is 1.84 bits per heavy atom. The Bertz CT molecular complexity index is 2870. The van der Waals surface area contributed by atoms with Gasteiger partial charge in [0.15, 0.2) is 24.1 Å². The summed E-state index contributed by atoms with van der Waals surface area (Å²) in [6.45, 7) is 2.15. The van der Waals surface area contributed by atoms with E-state index in [0.717, 1.165) is 44.2 Å². The van der Waals surface area contributed by atoms with Gasteiger partial charge in [-0.05, 0) is 75.1 Å². The number of hydrogen-bond donors (Lipinski definition) is 0. The molecule has 0 radical (unpaired) electrons. The number of fused-ring (bicyclic) bond motifs is 7. The summed E-state index contributed by atoms with van der Waals surface area (Å²) in [4.78, 5) is 34.4. The molecule has 4 saturated heterocycles. The van der Waals surface area contributed by atoms with E-state index >= 15 is 8.78 Å². The lowest BCUT2D eigenvalue weighted by atomic mass is 9.92. The Hall–Kier alpha value is -5.95. The number of terminal acetylenes is 1. The number of aromatic nitrogens is 3. The number of hydrogen-bond acceptors (Lipinski definition) is 12. The predicted molar refractivity (Wildman–Crippen MR) is 228 cm³/mol. The van der Waals surface area contributed by atoms with Gasteiger partial charge in [-0.1, -0.05) is 42.3 Å². The van der Waals surface area contributed by atoms with Crippen LogP contribution in [0.3, 0.4) is 0 Å². The van der Waals surface area contributed by atoms with Crippen molar-refractivity contribution >= 4 is 27.5 Å². The second-order valence-electron chi connectivity index (χ2n) is 17.5. The van der Waals surface area contributed by atoms with E-state index < -0.39 is 29.2 Å². The van der Waals surface area contributed by atoms with Crippen LogP contribution in [-0.2, 0) is 17.7 Å². The Kier molecular flexibility index (Phi) is 9.93. The first-order valence-electron chi connectivity index (χ1n) is 21.7. The second-order valence-corrected chi connectivity index (χ2v) is 17.5. The van der Waals surface area contributed by atoms with Crippen LogP contribution in [0.1, 0.15) is 62.0 Å². The van der Waals surface area contributed by atoms with Crippen molar-refractivity contribution < 1.29 is 36.2 Å². The van der Waals surface area contributed by atoms with Crippen molar-refractivity contribution in [3.8, 4) is 46.7 Å². The maximum atomic E-state index is 17.9. The molecule has 8 heterocycles. The SMILES string of the molecule is C#Cc1c(F)ccc2cc(OCOC)cc(-c3nc4c5c(nc(OC[C@@]67CCCN6C[C@H](F)C7)nc5c3F)N3C[C@H]5CC[C@@H]([C@H]3CCC4)N5Cc3oc(=O)oc3-c3ccccc3)c12. The van der Waals surface area contributed by atoms with Crippen molar-refractivity contribution in [2.24, 2.45) is 0 Å². The van der Waals surface area contributed by atoms with Crippen molar-refractivity contribution in [3.05, 3.63) is 93.9 Å². The number of methoxy groups -OCH3 is 1. The third-order valence-electron chi connectivity index (χ3n) is 14.0. The lowest BCUT2D eigenvalue weighted by Crippen LogP contribution is -2.60. The highest BCUT2D eigenvalue weighted by Crippen LogP contribution is 2.47. The van der Waals surface area contributed by atoms with E-state index in [4.69, 9.17) is 44.4 Å². The van der Waals surface area contributed by atoms with Crippen molar-refractivity contribution in [1.29, 1.82) is 0 Å². The summed E-state index contributed by atoms with van der Waals surface area (Å²) in [5.74, 6) is 2.15. The first-order valence-corrected chi connectivity index (χ1v) is 21.7. The van der Waals surface area contributed by atoms with Crippen LogP contribution in [0, 0.1) is 24.0 Å². The van der Waals surface area contributed by atoms with Crippen molar-refractivity contribution in [3.63, 3.8) is 0 Å². The van der Waals surface area contributed by atoms with Gasteiger partial charge in [-0.3, -0.25) is 9.80 Å². The summed E-state index contributed by atoms with van der Waals surface area (Å²) in [5, 5.41) is 1.34. The highest BCUT2D eigenvalue weighted by Gasteiger charge is 2.50. The Balaban J connectivity index is 1.05. The average molecular weight is 859 g/mol. The predicted octanol–water partition coefficient (Wildman–Crippen LogP) is 7.81. The summed E-state index contributed by atoms with van der Waals surface area (Å²) in [5.41, 5.74) is 1.04. The maximum absolute atomic E-state index is 17.9. The average Bonchev–Trinajstić information content (AvgIpc) is 4.02. The molecule has 0 amide bonds. The number of pyridine rings is 1. The van der Waals surface area contributed by atoms with Gasteiger partial charge in [0.05, 0.1) is 28.7 Å². The monoisotopic (exact) mass is 858 g/mol. The zero-order valence-corrected chi connectivity index (χ0v) is 34.7. The molecule has 0 N–H and O–H groups in total. The maximum Gasteiger partial charge on any atom is 0.519 e. The molecule has 5 atom stereocenters. The van der Waals surface area contributed by atoms with Crippen LogP contribution in [0.15, 0.2) is 68.2 Å². The van der Waals surface area contributed by atoms with E-state index in [1.807, 2.05) is 30.3 Å². The first-order chi connectivity index (χ1) is 30.7. The molecule has 0 spiro atoms. The van der Waals surface area contributed by atoms with Gasteiger partial charge in [0.1, 0.15) is 41.4 Å². The summed E-state index contributed by atoms with van der Waals surface area (Å²) < 4.78 is 77.0. The van der Waals surface area contributed by atoms with Crippen molar-refractivity contribution in [2.75, 3.05) is 45.0 Å².